The van der Waals surface area contributed by atoms with Gasteiger partial charge in [0.05, 0.1) is 18.8 Å². The molecule has 2 N–H and O–H groups in total. The number of methoxy groups -OCH3 is 1. The van der Waals surface area contributed by atoms with Crippen molar-refractivity contribution in [2.24, 2.45) is 0 Å². The van der Waals surface area contributed by atoms with Gasteiger partial charge < -0.3 is 19.9 Å². The first-order valence-electron chi connectivity index (χ1n) is 6.00. The fourth-order valence-electron chi connectivity index (χ4n) is 2.23. The van der Waals surface area contributed by atoms with Crippen LogP contribution in [0, 0.1) is 0 Å². The van der Waals surface area contributed by atoms with Gasteiger partial charge in [-0.25, -0.2) is 0 Å². The van der Waals surface area contributed by atoms with E-state index in [1.807, 2.05) is 30.3 Å². The van der Waals surface area contributed by atoms with E-state index in [0.29, 0.717) is 6.54 Å². The van der Waals surface area contributed by atoms with Crippen molar-refractivity contribution in [2.75, 3.05) is 13.7 Å². The maximum Gasteiger partial charge on any atom is 0.205 e. The number of aliphatic hydroxyl groups excluding tert-OH is 1. The van der Waals surface area contributed by atoms with Crippen LogP contribution in [0.1, 0.15) is 5.56 Å². The molecule has 4 nitrogen and oxygen atoms in total. The Labute approximate surface area is 107 Å². The number of aliphatic hydroxyl groups is 1. The molecule has 1 heterocycles. The van der Waals surface area contributed by atoms with Gasteiger partial charge in [0.25, 0.3) is 0 Å². The van der Waals surface area contributed by atoms with Crippen molar-refractivity contribution in [3.63, 3.8) is 0 Å². The van der Waals surface area contributed by atoms with Crippen molar-refractivity contribution in [3.05, 3.63) is 48.6 Å². The number of rotatable bonds is 5. The van der Waals surface area contributed by atoms with E-state index in [9.17, 15) is 5.11 Å². The summed E-state index contributed by atoms with van der Waals surface area (Å²) in [7, 11) is 1.55. The van der Waals surface area contributed by atoms with E-state index in [4.69, 9.17) is 9.47 Å². The van der Waals surface area contributed by atoms with Crippen LogP contribution in [0.5, 0.6) is 0 Å². The molecule has 1 aromatic carbocycles. The van der Waals surface area contributed by atoms with Gasteiger partial charge in [0.15, 0.2) is 0 Å². The molecule has 1 aromatic rings. The highest BCUT2D eigenvalue weighted by Gasteiger charge is 2.47. The monoisotopic (exact) mass is 249 g/mol. The minimum Gasteiger partial charge on any atom is -0.389 e. The zero-order valence-electron chi connectivity index (χ0n) is 10.5. The summed E-state index contributed by atoms with van der Waals surface area (Å²) < 4.78 is 10.9. The number of hydrogen-bond acceptors (Lipinski definition) is 4. The lowest BCUT2D eigenvalue weighted by molar-refractivity contribution is -0.167. The first kappa shape index (κ1) is 13.2. The Bertz CT molecular complexity index is 395. The quantitative estimate of drug-likeness (QED) is 0.766. The van der Waals surface area contributed by atoms with Gasteiger partial charge in [0.2, 0.25) is 5.79 Å². The third kappa shape index (κ3) is 2.47. The molecule has 2 rings (SSSR count). The van der Waals surface area contributed by atoms with E-state index in [2.05, 4.69) is 11.9 Å². The molecule has 0 aromatic heterocycles. The predicted octanol–water partition coefficient (Wildman–Crippen LogP) is 1.06. The second-order valence-corrected chi connectivity index (χ2v) is 4.35. The van der Waals surface area contributed by atoms with E-state index in [1.54, 1.807) is 13.2 Å². The topological polar surface area (TPSA) is 50.7 Å². The normalized spacial score (nSPS) is 31.4. The van der Waals surface area contributed by atoms with Gasteiger partial charge in [0.1, 0.15) is 0 Å². The molecule has 0 amide bonds. The van der Waals surface area contributed by atoms with Crippen molar-refractivity contribution < 1.29 is 14.6 Å². The molecule has 0 aliphatic carbocycles. The molecule has 0 radical (unpaired) electrons. The van der Waals surface area contributed by atoms with Crippen LogP contribution in [-0.4, -0.2) is 36.8 Å². The highest BCUT2D eigenvalue weighted by molar-refractivity contribution is 5.15. The summed E-state index contributed by atoms with van der Waals surface area (Å²) in [6, 6.07) is 9.67. The summed E-state index contributed by atoms with van der Waals surface area (Å²) in [6.07, 6.45) is 0.984. The SMILES string of the molecule is C=CC1(OC)OCC(O)C1NCc1ccccc1. The Morgan fingerprint density at radius 2 is 2.28 bits per heavy atom. The zero-order chi connectivity index (χ0) is 13.0. The smallest absolute Gasteiger partial charge is 0.205 e. The number of ether oxygens (including phenoxy) is 2. The van der Waals surface area contributed by atoms with Crippen molar-refractivity contribution in [1.82, 2.24) is 5.32 Å². The van der Waals surface area contributed by atoms with Crippen molar-refractivity contribution >= 4 is 0 Å². The molecule has 0 bridgehead atoms. The van der Waals surface area contributed by atoms with Gasteiger partial charge in [-0.2, -0.15) is 0 Å². The minimum absolute atomic E-state index is 0.242. The average molecular weight is 249 g/mol. The summed E-state index contributed by atoms with van der Waals surface area (Å²) in [4.78, 5) is 0. The largest absolute Gasteiger partial charge is 0.389 e. The molecule has 3 atom stereocenters. The molecule has 4 heteroatoms. The Morgan fingerprint density at radius 1 is 1.56 bits per heavy atom. The molecule has 98 valence electrons. The average Bonchev–Trinajstić information content (AvgIpc) is 2.75. The van der Waals surface area contributed by atoms with Gasteiger partial charge in [-0.05, 0) is 11.6 Å². The van der Waals surface area contributed by atoms with Crippen LogP contribution in [-0.2, 0) is 16.0 Å². The van der Waals surface area contributed by atoms with Crippen molar-refractivity contribution in [1.29, 1.82) is 0 Å². The lowest BCUT2D eigenvalue weighted by Crippen LogP contribution is -2.52. The Hall–Kier alpha value is -1.20. The Balaban J connectivity index is 2.04. The summed E-state index contributed by atoms with van der Waals surface area (Å²) in [5.74, 6) is -0.950. The number of nitrogens with one attached hydrogen (secondary N) is 1. The Morgan fingerprint density at radius 3 is 2.89 bits per heavy atom. The molecule has 3 unspecified atom stereocenters. The zero-order valence-corrected chi connectivity index (χ0v) is 10.5. The summed E-state index contributed by atoms with van der Waals surface area (Å²) in [6.45, 7) is 4.61. The molecular weight excluding hydrogens is 230 g/mol. The van der Waals surface area contributed by atoms with Crippen molar-refractivity contribution in [3.8, 4) is 0 Å². The fraction of sp³-hybridized carbons (Fsp3) is 0.429. The lowest BCUT2D eigenvalue weighted by atomic mass is 10.0. The van der Waals surface area contributed by atoms with E-state index in [1.165, 1.54) is 0 Å². The second kappa shape index (κ2) is 5.63. The van der Waals surface area contributed by atoms with Crippen LogP contribution in [0.15, 0.2) is 43.0 Å². The van der Waals surface area contributed by atoms with Crippen LogP contribution >= 0.6 is 0 Å². The van der Waals surface area contributed by atoms with Crippen LogP contribution in [0.3, 0.4) is 0 Å². The van der Waals surface area contributed by atoms with Gasteiger partial charge in [-0.1, -0.05) is 36.9 Å². The fourth-order valence-corrected chi connectivity index (χ4v) is 2.23. The predicted molar refractivity (Wildman–Crippen MR) is 69.0 cm³/mol. The first-order valence-corrected chi connectivity index (χ1v) is 6.00. The summed E-state index contributed by atoms with van der Waals surface area (Å²) >= 11 is 0. The second-order valence-electron chi connectivity index (χ2n) is 4.35. The van der Waals surface area contributed by atoms with Gasteiger partial charge in [0, 0.05) is 13.7 Å². The summed E-state index contributed by atoms with van der Waals surface area (Å²) in [5, 5.41) is 13.2. The van der Waals surface area contributed by atoms with Crippen LogP contribution in [0.4, 0.5) is 0 Å². The van der Waals surface area contributed by atoms with E-state index >= 15 is 0 Å². The van der Waals surface area contributed by atoms with Gasteiger partial charge >= 0.3 is 0 Å². The van der Waals surface area contributed by atoms with Crippen LogP contribution in [0.25, 0.3) is 0 Å². The molecule has 1 fully saturated rings. The van der Waals surface area contributed by atoms with E-state index in [-0.39, 0.29) is 12.6 Å². The standard InChI is InChI=1S/C14H19NO3/c1-3-14(17-2)13(12(16)10-18-14)15-9-11-7-5-4-6-8-11/h3-8,12-13,15-16H,1,9-10H2,2H3. The first-order chi connectivity index (χ1) is 8.72. The Kier molecular flexibility index (Phi) is 4.14. The van der Waals surface area contributed by atoms with Gasteiger partial charge in [-0.3, -0.25) is 0 Å². The molecule has 0 saturated carbocycles. The minimum atomic E-state index is -0.950. The van der Waals surface area contributed by atoms with Gasteiger partial charge in [-0.15, -0.1) is 0 Å². The number of benzene rings is 1. The maximum absolute atomic E-state index is 9.95. The van der Waals surface area contributed by atoms with Crippen LogP contribution < -0.4 is 5.32 Å². The number of hydrogen-bond donors (Lipinski definition) is 2. The molecule has 1 aliphatic rings. The third-order valence-electron chi connectivity index (χ3n) is 3.27. The molecule has 1 aliphatic heterocycles. The van der Waals surface area contributed by atoms with E-state index < -0.39 is 11.9 Å². The van der Waals surface area contributed by atoms with Crippen LogP contribution in [0.2, 0.25) is 0 Å². The lowest BCUT2D eigenvalue weighted by Gasteiger charge is -2.31. The molecular formula is C14H19NO3. The maximum atomic E-state index is 9.95. The molecule has 18 heavy (non-hydrogen) atoms. The highest BCUT2D eigenvalue weighted by atomic mass is 16.7. The third-order valence-corrected chi connectivity index (χ3v) is 3.27. The molecule has 0 spiro atoms. The van der Waals surface area contributed by atoms with E-state index in [0.717, 1.165) is 5.56 Å². The highest BCUT2D eigenvalue weighted by Crippen LogP contribution is 2.28. The van der Waals surface area contributed by atoms with Crippen molar-refractivity contribution in [2.45, 2.75) is 24.5 Å². The molecule has 1 saturated heterocycles. The summed E-state index contributed by atoms with van der Waals surface area (Å²) in [5.41, 5.74) is 1.14.